The van der Waals surface area contributed by atoms with Crippen LogP contribution in [0, 0.1) is 11.3 Å². The standard InChI is InChI=1S/C10H10ClNO/c1-7(6-13)9-4-2-3-8(5-12)10(9)11/h2-4,7,13H,6H2,1H3. The zero-order valence-electron chi connectivity index (χ0n) is 7.29. The predicted molar refractivity (Wildman–Crippen MR) is 51.7 cm³/mol. The van der Waals surface area contributed by atoms with E-state index in [9.17, 15) is 0 Å². The zero-order chi connectivity index (χ0) is 9.84. The molecule has 3 heteroatoms. The molecule has 1 rings (SSSR count). The van der Waals surface area contributed by atoms with E-state index in [0.29, 0.717) is 10.6 Å². The summed E-state index contributed by atoms with van der Waals surface area (Å²) in [6.45, 7) is 1.90. The summed E-state index contributed by atoms with van der Waals surface area (Å²) in [5.41, 5.74) is 1.28. The summed E-state index contributed by atoms with van der Waals surface area (Å²) in [7, 11) is 0. The average Bonchev–Trinajstić information content (AvgIpc) is 2.17. The molecule has 0 saturated carbocycles. The van der Waals surface area contributed by atoms with Gasteiger partial charge in [0.1, 0.15) is 6.07 Å². The molecule has 68 valence electrons. The lowest BCUT2D eigenvalue weighted by atomic mass is 10.00. The van der Waals surface area contributed by atoms with Crippen molar-refractivity contribution in [2.45, 2.75) is 12.8 Å². The quantitative estimate of drug-likeness (QED) is 0.787. The molecule has 0 aliphatic rings. The highest BCUT2D eigenvalue weighted by atomic mass is 35.5. The number of hydrogen-bond acceptors (Lipinski definition) is 2. The maximum absolute atomic E-state index is 8.93. The predicted octanol–water partition coefficient (Wildman–Crippen LogP) is 2.31. The third-order valence-electron chi connectivity index (χ3n) is 1.95. The van der Waals surface area contributed by atoms with Gasteiger partial charge in [0, 0.05) is 12.5 Å². The van der Waals surface area contributed by atoms with Gasteiger partial charge in [-0.1, -0.05) is 30.7 Å². The highest BCUT2D eigenvalue weighted by Crippen LogP contribution is 2.26. The van der Waals surface area contributed by atoms with E-state index in [1.165, 1.54) is 0 Å². The third-order valence-corrected chi connectivity index (χ3v) is 2.38. The number of rotatable bonds is 2. The molecule has 0 aromatic heterocycles. The first-order valence-corrected chi connectivity index (χ1v) is 4.38. The summed E-state index contributed by atoms with van der Waals surface area (Å²) in [6, 6.07) is 7.26. The second kappa shape index (κ2) is 4.27. The van der Waals surface area contributed by atoms with Crippen LogP contribution in [-0.2, 0) is 0 Å². The fourth-order valence-electron chi connectivity index (χ4n) is 1.12. The van der Waals surface area contributed by atoms with Crippen molar-refractivity contribution < 1.29 is 5.11 Å². The fourth-order valence-corrected chi connectivity index (χ4v) is 1.47. The maximum Gasteiger partial charge on any atom is 0.101 e. The van der Waals surface area contributed by atoms with Crippen molar-refractivity contribution in [2.75, 3.05) is 6.61 Å². The first kappa shape index (κ1) is 10.0. The van der Waals surface area contributed by atoms with E-state index in [2.05, 4.69) is 0 Å². The van der Waals surface area contributed by atoms with Gasteiger partial charge in [-0.2, -0.15) is 5.26 Å². The van der Waals surface area contributed by atoms with Crippen LogP contribution in [0.4, 0.5) is 0 Å². The molecule has 0 aliphatic carbocycles. The zero-order valence-corrected chi connectivity index (χ0v) is 8.04. The smallest absolute Gasteiger partial charge is 0.101 e. The molecular formula is C10H10ClNO. The van der Waals surface area contributed by atoms with E-state index < -0.39 is 0 Å². The van der Waals surface area contributed by atoms with Gasteiger partial charge >= 0.3 is 0 Å². The molecule has 0 bridgehead atoms. The minimum atomic E-state index is -0.0270. The summed E-state index contributed by atoms with van der Waals surface area (Å²) in [5, 5.41) is 18.1. The summed E-state index contributed by atoms with van der Waals surface area (Å²) in [6.07, 6.45) is 0. The number of benzene rings is 1. The van der Waals surface area contributed by atoms with Crippen molar-refractivity contribution in [1.29, 1.82) is 5.26 Å². The lowest BCUT2D eigenvalue weighted by Gasteiger charge is -2.10. The van der Waals surface area contributed by atoms with E-state index in [4.69, 9.17) is 22.0 Å². The number of aliphatic hydroxyl groups is 1. The van der Waals surface area contributed by atoms with E-state index >= 15 is 0 Å². The Kier molecular flexibility index (Phi) is 3.30. The van der Waals surface area contributed by atoms with Crippen LogP contribution in [0.3, 0.4) is 0 Å². The van der Waals surface area contributed by atoms with Gasteiger partial charge in [-0.3, -0.25) is 0 Å². The van der Waals surface area contributed by atoms with Crippen LogP contribution in [0.1, 0.15) is 24.0 Å². The van der Waals surface area contributed by atoms with Crippen LogP contribution in [-0.4, -0.2) is 11.7 Å². The molecule has 0 amide bonds. The molecule has 2 nitrogen and oxygen atoms in total. The topological polar surface area (TPSA) is 44.0 Å². The number of nitrogens with zero attached hydrogens (tertiary/aromatic N) is 1. The second-order valence-corrected chi connectivity index (χ2v) is 3.28. The van der Waals surface area contributed by atoms with Crippen molar-refractivity contribution in [3.63, 3.8) is 0 Å². The molecule has 1 aromatic carbocycles. The molecule has 1 N–H and O–H groups in total. The van der Waals surface area contributed by atoms with Crippen molar-refractivity contribution in [2.24, 2.45) is 0 Å². The van der Waals surface area contributed by atoms with Crippen molar-refractivity contribution >= 4 is 11.6 Å². The lowest BCUT2D eigenvalue weighted by molar-refractivity contribution is 0.273. The Morgan fingerprint density at radius 3 is 2.85 bits per heavy atom. The Bertz CT molecular complexity index is 343. The van der Waals surface area contributed by atoms with E-state index in [1.54, 1.807) is 12.1 Å². The lowest BCUT2D eigenvalue weighted by Crippen LogP contribution is -2.00. The van der Waals surface area contributed by atoms with Crippen LogP contribution >= 0.6 is 11.6 Å². The molecule has 1 aromatic rings. The van der Waals surface area contributed by atoms with Gasteiger partial charge in [0.15, 0.2) is 0 Å². The van der Waals surface area contributed by atoms with Crippen LogP contribution in [0.5, 0.6) is 0 Å². The number of nitriles is 1. The molecule has 0 aliphatic heterocycles. The Balaban J connectivity index is 3.17. The van der Waals surface area contributed by atoms with Crippen LogP contribution in [0.2, 0.25) is 5.02 Å². The van der Waals surface area contributed by atoms with Crippen molar-refractivity contribution in [3.8, 4) is 6.07 Å². The minimum absolute atomic E-state index is 0.0270. The van der Waals surface area contributed by atoms with Gasteiger partial charge < -0.3 is 5.11 Å². The molecular weight excluding hydrogens is 186 g/mol. The van der Waals surface area contributed by atoms with Gasteiger partial charge in [-0.15, -0.1) is 0 Å². The first-order chi connectivity index (χ1) is 6.20. The SMILES string of the molecule is CC(CO)c1cccc(C#N)c1Cl. The monoisotopic (exact) mass is 195 g/mol. The molecule has 1 unspecified atom stereocenters. The number of aliphatic hydroxyl groups excluding tert-OH is 1. The second-order valence-electron chi connectivity index (χ2n) is 2.90. The van der Waals surface area contributed by atoms with Crippen molar-refractivity contribution in [1.82, 2.24) is 0 Å². The molecule has 1 atom stereocenters. The summed E-state index contributed by atoms with van der Waals surface area (Å²) in [4.78, 5) is 0. The van der Waals surface area contributed by atoms with Crippen LogP contribution in [0.15, 0.2) is 18.2 Å². The van der Waals surface area contributed by atoms with Crippen LogP contribution in [0.25, 0.3) is 0 Å². The summed E-state index contributed by atoms with van der Waals surface area (Å²) in [5.74, 6) is -0.0270. The number of halogens is 1. The van der Waals surface area contributed by atoms with Gasteiger partial charge in [-0.05, 0) is 11.6 Å². The Labute approximate surface area is 82.4 Å². The number of hydrogen-bond donors (Lipinski definition) is 1. The molecule has 0 spiro atoms. The molecule has 0 radical (unpaired) electrons. The van der Waals surface area contributed by atoms with Gasteiger partial charge in [-0.25, -0.2) is 0 Å². The normalized spacial score (nSPS) is 12.2. The molecule has 13 heavy (non-hydrogen) atoms. The largest absolute Gasteiger partial charge is 0.396 e. The average molecular weight is 196 g/mol. The maximum atomic E-state index is 8.93. The van der Waals surface area contributed by atoms with E-state index in [0.717, 1.165) is 5.56 Å². The highest BCUT2D eigenvalue weighted by Gasteiger charge is 2.10. The Hall–Kier alpha value is -1.04. The Morgan fingerprint density at radius 1 is 1.62 bits per heavy atom. The molecule has 0 fully saturated rings. The van der Waals surface area contributed by atoms with E-state index in [1.807, 2.05) is 19.1 Å². The Morgan fingerprint density at radius 2 is 2.31 bits per heavy atom. The summed E-state index contributed by atoms with van der Waals surface area (Å²) >= 11 is 5.95. The van der Waals surface area contributed by atoms with Gasteiger partial charge in [0.05, 0.1) is 10.6 Å². The van der Waals surface area contributed by atoms with E-state index in [-0.39, 0.29) is 12.5 Å². The van der Waals surface area contributed by atoms with Gasteiger partial charge in [0.2, 0.25) is 0 Å². The minimum Gasteiger partial charge on any atom is -0.396 e. The first-order valence-electron chi connectivity index (χ1n) is 4.00. The third kappa shape index (κ3) is 2.00. The van der Waals surface area contributed by atoms with Crippen molar-refractivity contribution in [3.05, 3.63) is 34.3 Å². The molecule has 0 saturated heterocycles. The highest BCUT2D eigenvalue weighted by molar-refractivity contribution is 6.32. The van der Waals surface area contributed by atoms with Gasteiger partial charge in [0.25, 0.3) is 0 Å². The fraction of sp³-hybridized carbons (Fsp3) is 0.300. The molecule has 0 heterocycles. The summed E-state index contributed by atoms with van der Waals surface area (Å²) < 4.78 is 0. The van der Waals surface area contributed by atoms with Crippen LogP contribution < -0.4 is 0 Å².